The number of methoxy groups -OCH3 is 1. The summed E-state index contributed by atoms with van der Waals surface area (Å²) in [4.78, 5) is 12.3. The Morgan fingerprint density at radius 3 is 2.43 bits per heavy atom. The smallest absolute Gasteiger partial charge is 0.418 e. The van der Waals surface area contributed by atoms with Crippen molar-refractivity contribution < 1.29 is 22.7 Å². The number of ether oxygens (including phenoxy) is 1. The van der Waals surface area contributed by atoms with Crippen molar-refractivity contribution in [1.82, 2.24) is 0 Å². The molecule has 0 aliphatic heterocycles. The minimum atomic E-state index is -4.60. The predicted molar refractivity (Wildman–Crippen MR) is 82.4 cm³/mol. The highest BCUT2D eigenvalue weighted by Gasteiger charge is 2.33. The summed E-state index contributed by atoms with van der Waals surface area (Å²) in [6.07, 6.45) is -4.60. The number of hydrogen-bond acceptors (Lipinski definition) is 2. The van der Waals surface area contributed by atoms with E-state index >= 15 is 0 Å². The van der Waals surface area contributed by atoms with Crippen molar-refractivity contribution in [3.8, 4) is 5.75 Å². The molecule has 122 valence electrons. The van der Waals surface area contributed by atoms with E-state index in [9.17, 15) is 18.0 Å². The van der Waals surface area contributed by atoms with E-state index < -0.39 is 17.6 Å². The summed E-state index contributed by atoms with van der Waals surface area (Å²) in [6, 6.07) is 7.26. The zero-order chi connectivity index (χ0) is 17.2. The van der Waals surface area contributed by atoms with Gasteiger partial charge in [0, 0.05) is 5.02 Å². The van der Waals surface area contributed by atoms with Crippen LogP contribution in [0.2, 0.25) is 10.0 Å². The molecule has 0 aliphatic carbocycles. The lowest BCUT2D eigenvalue weighted by molar-refractivity contribution is -0.136. The van der Waals surface area contributed by atoms with Gasteiger partial charge in [-0.05, 0) is 24.3 Å². The Bertz CT molecular complexity index is 748. The molecule has 0 radical (unpaired) electrons. The Kier molecular flexibility index (Phi) is 5.06. The number of carbonyl (C=O) groups is 1. The van der Waals surface area contributed by atoms with Crippen molar-refractivity contribution in [2.24, 2.45) is 0 Å². The highest BCUT2D eigenvalue weighted by Crippen LogP contribution is 2.36. The van der Waals surface area contributed by atoms with Crippen LogP contribution in [-0.2, 0) is 6.18 Å². The number of alkyl halides is 3. The molecule has 1 amide bonds. The maximum atomic E-state index is 13.0. The fourth-order valence-electron chi connectivity index (χ4n) is 1.97. The first-order valence-corrected chi connectivity index (χ1v) is 7.00. The van der Waals surface area contributed by atoms with Crippen LogP contribution in [0.5, 0.6) is 5.75 Å². The number of nitrogens with one attached hydrogen (secondary N) is 1. The normalized spacial score (nSPS) is 11.2. The first kappa shape index (κ1) is 17.4. The van der Waals surface area contributed by atoms with Gasteiger partial charge in [-0.15, -0.1) is 0 Å². The maximum Gasteiger partial charge on any atom is 0.418 e. The minimum absolute atomic E-state index is 0.0260. The van der Waals surface area contributed by atoms with Crippen molar-refractivity contribution in [1.29, 1.82) is 0 Å². The van der Waals surface area contributed by atoms with Crippen molar-refractivity contribution >= 4 is 34.8 Å². The summed E-state index contributed by atoms with van der Waals surface area (Å²) in [5.41, 5.74) is -1.40. The van der Waals surface area contributed by atoms with Crippen LogP contribution in [0.4, 0.5) is 18.9 Å². The third-order valence-electron chi connectivity index (χ3n) is 2.94. The van der Waals surface area contributed by atoms with Crippen LogP contribution < -0.4 is 10.1 Å². The van der Waals surface area contributed by atoms with E-state index in [0.717, 1.165) is 12.1 Å². The lowest BCUT2D eigenvalue weighted by atomic mass is 10.1. The van der Waals surface area contributed by atoms with Gasteiger partial charge in [-0.1, -0.05) is 35.3 Å². The van der Waals surface area contributed by atoms with Crippen LogP contribution in [0.1, 0.15) is 15.9 Å². The Labute approximate surface area is 140 Å². The molecule has 0 saturated carbocycles. The number of benzene rings is 2. The van der Waals surface area contributed by atoms with Crippen LogP contribution in [0.15, 0.2) is 36.4 Å². The number of halogens is 5. The Morgan fingerprint density at radius 1 is 1.17 bits per heavy atom. The van der Waals surface area contributed by atoms with Crippen LogP contribution in [0, 0.1) is 0 Å². The largest absolute Gasteiger partial charge is 0.494 e. The molecule has 3 nitrogen and oxygen atoms in total. The van der Waals surface area contributed by atoms with E-state index in [4.69, 9.17) is 27.9 Å². The molecule has 0 aromatic heterocycles. The molecule has 0 atom stereocenters. The Balaban J connectivity index is 2.42. The van der Waals surface area contributed by atoms with Crippen molar-refractivity contribution in [3.63, 3.8) is 0 Å². The number of para-hydroxylation sites is 1. The van der Waals surface area contributed by atoms with Gasteiger partial charge in [-0.3, -0.25) is 4.79 Å². The SMILES string of the molecule is COc1c(Cl)cc(Cl)cc1C(=O)Nc1ccccc1C(F)(F)F. The van der Waals surface area contributed by atoms with Gasteiger partial charge in [0.05, 0.1) is 28.9 Å². The molecule has 2 aromatic rings. The monoisotopic (exact) mass is 363 g/mol. The van der Waals surface area contributed by atoms with Gasteiger partial charge < -0.3 is 10.1 Å². The predicted octanol–water partition coefficient (Wildman–Crippen LogP) is 5.27. The van der Waals surface area contributed by atoms with Gasteiger partial charge in [0.2, 0.25) is 0 Å². The molecule has 2 aromatic carbocycles. The molecule has 0 aliphatic rings. The van der Waals surface area contributed by atoms with E-state index in [1.165, 1.54) is 31.4 Å². The average Bonchev–Trinajstić information content (AvgIpc) is 2.46. The number of carbonyl (C=O) groups excluding carboxylic acids is 1. The summed E-state index contributed by atoms with van der Waals surface area (Å²) in [6.45, 7) is 0. The second-order valence-electron chi connectivity index (χ2n) is 4.47. The number of anilines is 1. The van der Waals surface area contributed by atoms with Crippen LogP contribution in [-0.4, -0.2) is 13.0 Å². The molecule has 1 N–H and O–H groups in total. The molecule has 0 fully saturated rings. The molecule has 0 spiro atoms. The van der Waals surface area contributed by atoms with Crippen molar-refractivity contribution in [2.45, 2.75) is 6.18 Å². The van der Waals surface area contributed by atoms with Gasteiger partial charge in [0.25, 0.3) is 5.91 Å². The highest BCUT2D eigenvalue weighted by atomic mass is 35.5. The second kappa shape index (κ2) is 6.68. The minimum Gasteiger partial charge on any atom is -0.494 e. The average molecular weight is 364 g/mol. The Morgan fingerprint density at radius 2 is 1.83 bits per heavy atom. The van der Waals surface area contributed by atoms with E-state index in [1.807, 2.05) is 0 Å². The van der Waals surface area contributed by atoms with Gasteiger partial charge >= 0.3 is 6.18 Å². The fraction of sp³-hybridized carbons (Fsp3) is 0.133. The third-order valence-corrected chi connectivity index (χ3v) is 3.44. The summed E-state index contributed by atoms with van der Waals surface area (Å²) >= 11 is 11.7. The van der Waals surface area contributed by atoms with Crippen molar-refractivity contribution in [2.75, 3.05) is 12.4 Å². The van der Waals surface area contributed by atoms with Gasteiger partial charge in [-0.25, -0.2) is 0 Å². The number of rotatable bonds is 3. The topological polar surface area (TPSA) is 38.3 Å². The summed E-state index contributed by atoms with van der Waals surface area (Å²) < 4.78 is 43.9. The van der Waals surface area contributed by atoms with Crippen molar-refractivity contribution in [3.05, 3.63) is 57.6 Å². The number of hydrogen-bond donors (Lipinski definition) is 1. The van der Waals surface area contributed by atoms with Gasteiger partial charge in [-0.2, -0.15) is 13.2 Å². The quantitative estimate of drug-likeness (QED) is 0.806. The third kappa shape index (κ3) is 3.89. The molecule has 2 rings (SSSR count). The second-order valence-corrected chi connectivity index (χ2v) is 5.31. The molecule has 0 bridgehead atoms. The van der Waals surface area contributed by atoms with Gasteiger partial charge in [0.15, 0.2) is 0 Å². The molecule has 0 heterocycles. The molecule has 0 unspecified atom stereocenters. The summed E-state index contributed by atoms with van der Waals surface area (Å²) in [5.74, 6) is -0.791. The van der Waals surface area contributed by atoms with E-state index in [1.54, 1.807) is 0 Å². The van der Waals surface area contributed by atoms with Crippen LogP contribution in [0.25, 0.3) is 0 Å². The number of amides is 1. The first-order chi connectivity index (χ1) is 10.7. The fourth-order valence-corrected chi connectivity index (χ4v) is 2.54. The standard InChI is InChI=1S/C15H10Cl2F3NO2/c1-23-13-9(6-8(16)7-11(13)17)14(22)21-12-5-3-2-4-10(12)15(18,19)20/h2-7H,1H3,(H,21,22). The van der Waals surface area contributed by atoms with Gasteiger partial charge in [0.1, 0.15) is 5.75 Å². The zero-order valence-corrected chi connectivity index (χ0v) is 13.2. The summed E-state index contributed by atoms with van der Waals surface area (Å²) in [7, 11) is 1.29. The molecule has 23 heavy (non-hydrogen) atoms. The van der Waals surface area contributed by atoms with Crippen LogP contribution >= 0.6 is 23.2 Å². The highest BCUT2D eigenvalue weighted by molar-refractivity contribution is 6.36. The Hall–Kier alpha value is -1.92. The zero-order valence-electron chi connectivity index (χ0n) is 11.7. The molecule has 0 saturated heterocycles. The summed E-state index contributed by atoms with van der Waals surface area (Å²) in [5, 5.41) is 2.44. The van der Waals surface area contributed by atoms with E-state index in [0.29, 0.717) is 0 Å². The maximum absolute atomic E-state index is 13.0. The molecule has 8 heteroatoms. The van der Waals surface area contributed by atoms with Crippen LogP contribution in [0.3, 0.4) is 0 Å². The van der Waals surface area contributed by atoms with E-state index in [-0.39, 0.29) is 27.0 Å². The molecular formula is C15H10Cl2F3NO2. The van der Waals surface area contributed by atoms with E-state index in [2.05, 4.69) is 5.32 Å². The lowest BCUT2D eigenvalue weighted by Gasteiger charge is -2.15. The lowest BCUT2D eigenvalue weighted by Crippen LogP contribution is -2.17. The first-order valence-electron chi connectivity index (χ1n) is 6.24. The molecular weight excluding hydrogens is 354 g/mol.